The van der Waals surface area contributed by atoms with Crippen LogP contribution in [0, 0.1) is 19.8 Å². The minimum atomic E-state index is -3.61. The number of amides is 1. The summed E-state index contributed by atoms with van der Waals surface area (Å²) in [4.78, 5) is 18.1. The fourth-order valence-electron chi connectivity index (χ4n) is 5.25. The molecule has 0 spiro atoms. The van der Waals surface area contributed by atoms with Gasteiger partial charge in [-0.1, -0.05) is 48.5 Å². The van der Waals surface area contributed by atoms with Crippen molar-refractivity contribution in [3.8, 4) is 0 Å². The predicted molar refractivity (Wildman–Crippen MR) is 140 cm³/mol. The lowest BCUT2D eigenvalue weighted by Crippen LogP contribution is -2.51. The SMILES string of the molecule is Cc1ccc(C)c(N2CCN(C(=O)[C@@H]3CN(S(=O)(=O)c4cccs4)C[C@@H]3c3ccccc3)CC2)c1. The number of carbonyl (C=O) groups excluding carboxylic acids is 1. The number of hydrogen-bond donors (Lipinski definition) is 0. The predicted octanol–water partition coefficient (Wildman–Crippen LogP) is 4.12. The topological polar surface area (TPSA) is 60.9 Å². The first-order valence-electron chi connectivity index (χ1n) is 12.0. The Morgan fingerprint density at radius 1 is 0.914 bits per heavy atom. The van der Waals surface area contributed by atoms with Crippen molar-refractivity contribution in [2.45, 2.75) is 24.0 Å². The number of hydrogen-bond acceptors (Lipinski definition) is 5. The molecule has 2 aromatic carbocycles. The Kier molecular flexibility index (Phi) is 6.70. The van der Waals surface area contributed by atoms with E-state index in [1.165, 1.54) is 32.5 Å². The normalized spacial score (nSPS) is 21.4. The molecule has 0 unspecified atom stereocenters. The van der Waals surface area contributed by atoms with E-state index in [2.05, 4.69) is 36.9 Å². The number of benzene rings is 2. The summed E-state index contributed by atoms with van der Waals surface area (Å²) in [5, 5.41) is 1.77. The van der Waals surface area contributed by atoms with E-state index in [9.17, 15) is 13.2 Å². The van der Waals surface area contributed by atoms with E-state index in [4.69, 9.17) is 0 Å². The average molecular weight is 510 g/mol. The molecule has 0 N–H and O–H groups in total. The lowest BCUT2D eigenvalue weighted by molar-refractivity contribution is -0.135. The second-order valence-corrected chi connectivity index (χ2v) is 12.6. The molecule has 0 bridgehead atoms. The quantitative estimate of drug-likeness (QED) is 0.519. The molecule has 0 radical (unpaired) electrons. The molecule has 2 fully saturated rings. The third-order valence-corrected chi connectivity index (χ3v) is 10.4. The lowest BCUT2D eigenvalue weighted by atomic mass is 9.88. The van der Waals surface area contributed by atoms with Crippen LogP contribution >= 0.6 is 11.3 Å². The van der Waals surface area contributed by atoms with Crippen LogP contribution in [0.3, 0.4) is 0 Å². The van der Waals surface area contributed by atoms with Crippen molar-refractivity contribution in [1.82, 2.24) is 9.21 Å². The third-order valence-electron chi connectivity index (χ3n) is 7.22. The van der Waals surface area contributed by atoms with Gasteiger partial charge in [0.25, 0.3) is 10.0 Å². The van der Waals surface area contributed by atoms with Crippen LogP contribution in [0.4, 0.5) is 5.69 Å². The first-order valence-corrected chi connectivity index (χ1v) is 14.4. The number of rotatable bonds is 5. The first-order chi connectivity index (χ1) is 16.8. The Labute approximate surface area is 211 Å². The lowest BCUT2D eigenvalue weighted by Gasteiger charge is -2.38. The van der Waals surface area contributed by atoms with Crippen LogP contribution in [0.25, 0.3) is 0 Å². The second-order valence-electron chi connectivity index (χ2n) is 9.48. The van der Waals surface area contributed by atoms with E-state index in [0.717, 1.165) is 18.7 Å². The smallest absolute Gasteiger partial charge is 0.252 e. The Morgan fingerprint density at radius 3 is 2.34 bits per heavy atom. The highest BCUT2D eigenvalue weighted by molar-refractivity contribution is 7.91. The van der Waals surface area contributed by atoms with E-state index in [0.29, 0.717) is 23.8 Å². The zero-order chi connectivity index (χ0) is 24.6. The molecule has 5 rings (SSSR count). The molecule has 6 nitrogen and oxygen atoms in total. The van der Waals surface area contributed by atoms with Gasteiger partial charge in [-0.3, -0.25) is 4.79 Å². The first kappa shape index (κ1) is 24.0. The monoisotopic (exact) mass is 509 g/mol. The fourth-order valence-corrected chi connectivity index (χ4v) is 7.89. The van der Waals surface area contributed by atoms with E-state index >= 15 is 0 Å². The highest BCUT2D eigenvalue weighted by Crippen LogP contribution is 2.38. The van der Waals surface area contributed by atoms with Crippen LogP contribution in [0.15, 0.2) is 70.3 Å². The van der Waals surface area contributed by atoms with Gasteiger partial charge >= 0.3 is 0 Å². The van der Waals surface area contributed by atoms with Crippen LogP contribution in [0.5, 0.6) is 0 Å². The molecule has 2 atom stereocenters. The molecule has 0 aliphatic carbocycles. The Morgan fingerprint density at radius 2 is 1.66 bits per heavy atom. The molecule has 2 aliphatic rings. The van der Waals surface area contributed by atoms with Gasteiger partial charge in [-0.05, 0) is 48.1 Å². The number of thiophene rings is 1. The van der Waals surface area contributed by atoms with Gasteiger partial charge in [0.1, 0.15) is 4.21 Å². The molecule has 35 heavy (non-hydrogen) atoms. The summed E-state index contributed by atoms with van der Waals surface area (Å²) in [6.07, 6.45) is 0. The number of aryl methyl sites for hydroxylation is 2. The molecule has 0 saturated carbocycles. The summed E-state index contributed by atoms with van der Waals surface area (Å²) in [5.74, 6) is -0.488. The van der Waals surface area contributed by atoms with Crippen LogP contribution in [0.1, 0.15) is 22.6 Å². The van der Waals surface area contributed by atoms with Crippen molar-refractivity contribution in [3.05, 3.63) is 82.7 Å². The molecule has 1 amide bonds. The summed E-state index contributed by atoms with van der Waals surface area (Å²) in [6, 6.07) is 19.7. The van der Waals surface area contributed by atoms with Crippen molar-refractivity contribution in [3.63, 3.8) is 0 Å². The van der Waals surface area contributed by atoms with Gasteiger partial charge in [0.15, 0.2) is 0 Å². The number of piperazine rings is 1. The molecule has 8 heteroatoms. The van der Waals surface area contributed by atoms with Crippen LogP contribution in [-0.4, -0.2) is 62.8 Å². The van der Waals surface area contributed by atoms with Gasteiger partial charge in [-0.25, -0.2) is 8.42 Å². The summed E-state index contributed by atoms with van der Waals surface area (Å²) < 4.78 is 28.4. The van der Waals surface area contributed by atoms with Gasteiger partial charge < -0.3 is 9.80 Å². The maximum atomic E-state index is 13.8. The average Bonchev–Trinajstić information content (AvgIpc) is 3.57. The molecule has 3 aromatic rings. The zero-order valence-electron chi connectivity index (χ0n) is 20.1. The van der Waals surface area contributed by atoms with Gasteiger partial charge in [-0.2, -0.15) is 4.31 Å². The molecular weight excluding hydrogens is 478 g/mol. The van der Waals surface area contributed by atoms with Gasteiger partial charge in [0.05, 0.1) is 5.92 Å². The van der Waals surface area contributed by atoms with E-state index in [-0.39, 0.29) is 24.3 Å². The molecule has 184 valence electrons. The van der Waals surface area contributed by atoms with Gasteiger partial charge in [0, 0.05) is 50.9 Å². The Bertz CT molecular complexity index is 1280. The highest BCUT2D eigenvalue weighted by Gasteiger charge is 2.45. The Balaban J connectivity index is 1.35. The van der Waals surface area contributed by atoms with E-state index in [1.54, 1.807) is 17.5 Å². The maximum absolute atomic E-state index is 13.8. The van der Waals surface area contributed by atoms with Crippen LogP contribution in [-0.2, 0) is 14.8 Å². The summed E-state index contributed by atoms with van der Waals surface area (Å²) >= 11 is 1.22. The second kappa shape index (κ2) is 9.76. The minimum Gasteiger partial charge on any atom is -0.368 e. The molecular formula is C27H31N3O3S2. The number of anilines is 1. The van der Waals surface area contributed by atoms with Crippen molar-refractivity contribution in [1.29, 1.82) is 0 Å². The van der Waals surface area contributed by atoms with Crippen LogP contribution in [0.2, 0.25) is 0 Å². The highest BCUT2D eigenvalue weighted by atomic mass is 32.2. The summed E-state index contributed by atoms with van der Waals surface area (Å²) in [5.41, 5.74) is 4.72. The largest absolute Gasteiger partial charge is 0.368 e. The van der Waals surface area contributed by atoms with Crippen molar-refractivity contribution >= 4 is 33.0 Å². The van der Waals surface area contributed by atoms with Crippen molar-refractivity contribution in [2.24, 2.45) is 5.92 Å². The van der Waals surface area contributed by atoms with E-state index in [1.807, 2.05) is 35.2 Å². The van der Waals surface area contributed by atoms with Crippen molar-refractivity contribution < 1.29 is 13.2 Å². The Hall–Kier alpha value is -2.68. The summed E-state index contributed by atoms with van der Waals surface area (Å²) in [6.45, 7) is 7.59. The number of carbonyl (C=O) groups is 1. The van der Waals surface area contributed by atoms with Gasteiger partial charge in [0.2, 0.25) is 5.91 Å². The molecule has 1 aromatic heterocycles. The summed E-state index contributed by atoms with van der Waals surface area (Å²) in [7, 11) is -3.61. The fraction of sp³-hybridized carbons (Fsp3) is 0.370. The minimum absolute atomic E-state index is 0.0587. The number of sulfonamides is 1. The molecule has 2 saturated heterocycles. The molecule has 2 aliphatic heterocycles. The maximum Gasteiger partial charge on any atom is 0.252 e. The van der Waals surface area contributed by atoms with Crippen molar-refractivity contribution in [2.75, 3.05) is 44.2 Å². The zero-order valence-corrected chi connectivity index (χ0v) is 21.8. The third kappa shape index (κ3) is 4.75. The molecule has 3 heterocycles. The van der Waals surface area contributed by atoms with Crippen LogP contribution < -0.4 is 4.90 Å². The van der Waals surface area contributed by atoms with Gasteiger partial charge in [-0.15, -0.1) is 11.3 Å². The number of nitrogens with zero attached hydrogens (tertiary/aromatic N) is 3. The van der Waals surface area contributed by atoms with E-state index < -0.39 is 10.0 Å². The standard InChI is InChI=1S/C27H31N3O3S2/c1-20-10-11-21(2)25(17-20)28-12-14-29(15-13-28)27(31)24-19-30(35(32,33)26-9-6-16-34-26)18-23(24)22-7-4-3-5-8-22/h3-11,16-17,23-24H,12-15,18-19H2,1-2H3/t23-,24-/m1/s1.